The van der Waals surface area contributed by atoms with E-state index in [1.54, 1.807) is 0 Å². The maximum Gasteiger partial charge on any atom is 0.191 e. The van der Waals surface area contributed by atoms with Gasteiger partial charge in [-0.25, -0.2) is 4.99 Å². The minimum Gasteiger partial charge on any atom is -0.356 e. The summed E-state index contributed by atoms with van der Waals surface area (Å²) in [4.78, 5) is 4.70. The van der Waals surface area contributed by atoms with Crippen LogP contribution in [0.5, 0.6) is 0 Å². The van der Waals surface area contributed by atoms with E-state index < -0.39 is 0 Å². The molecule has 2 fully saturated rings. The largest absolute Gasteiger partial charge is 0.356 e. The second-order valence-electron chi connectivity index (χ2n) is 6.69. The number of nitrogens with one attached hydrogen (secondary N) is 2. The number of nitrogens with zero attached hydrogens (tertiary/aromatic N) is 4. The van der Waals surface area contributed by atoms with Gasteiger partial charge in [-0.1, -0.05) is 19.3 Å². The first-order valence-corrected chi connectivity index (χ1v) is 8.62. The molecule has 3 rings (SSSR count). The average molecular weight is 432 g/mol. The Morgan fingerprint density at radius 2 is 1.91 bits per heavy atom. The quantitative estimate of drug-likeness (QED) is 0.427. The zero-order chi connectivity index (χ0) is 15.4. The molecule has 0 bridgehead atoms. The lowest BCUT2D eigenvalue weighted by Crippen LogP contribution is -2.41. The van der Waals surface area contributed by atoms with Gasteiger partial charge in [0.15, 0.2) is 11.8 Å². The number of guanidine groups is 1. The minimum atomic E-state index is 0. The van der Waals surface area contributed by atoms with Gasteiger partial charge in [0.1, 0.15) is 12.4 Å². The molecule has 0 saturated heterocycles. The van der Waals surface area contributed by atoms with Crippen molar-refractivity contribution >= 4 is 29.9 Å². The first-order chi connectivity index (χ1) is 10.7. The minimum absolute atomic E-state index is 0. The van der Waals surface area contributed by atoms with Gasteiger partial charge < -0.3 is 15.2 Å². The Kier molecular flexibility index (Phi) is 7.10. The van der Waals surface area contributed by atoms with E-state index in [2.05, 4.69) is 20.8 Å². The number of hydrogen-bond donors (Lipinski definition) is 2. The van der Waals surface area contributed by atoms with E-state index >= 15 is 0 Å². The van der Waals surface area contributed by atoms with Gasteiger partial charge in [-0.3, -0.25) is 0 Å². The molecule has 2 aliphatic carbocycles. The highest BCUT2D eigenvalue weighted by Gasteiger charge is 2.23. The van der Waals surface area contributed by atoms with Crippen LogP contribution < -0.4 is 10.6 Å². The van der Waals surface area contributed by atoms with Crippen molar-refractivity contribution in [3.8, 4) is 0 Å². The maximum atomic E-state index is 4.70. The molecule has 0 unspecified atom stereocenters. The topological polar surface area (TPSA) is 67.1 Å². The highest BCUT2D eigenvalue weighted by molar-refractivity contribution is 14.0. The van der Waals surface area contributed by atoms with E-state index in [1.807, 2.05) is 18.5 Å². The van der Waals surface area contributed by atoms with Crippen LogP contribution in [0.3, 0.4) is 0 Å². The number of aliphatic imine (C=N–C) groups is 1. The highest BCUT2D eigenvalue weighted by atomic mass is 127. The Balaban J connectivity index is 0.00000192. The molecule has 0 radical (unpaired) electrons. The van der Waals surface area contributed by atoms with E-state index in [1.165, 1.54) is 44.9 Å². The normalized spacial score (nSPS) is 19.3. The van der Waals surface area contributed by atoms with Crippen LogP contribution in [0.2, 0.25) is 0 Å². The summed E-state index contributed by atoms with van der Waals surface area (Å²) < 4.78 is 2.00. The standard InChI is InChI=1S/C16H28N6.HI/c1-12-20-21-15(22(12)2)11-18-16(19-14-8-9-14)17-10-13-6-4-3-5-7-13;/h13-14H,3-11H2,1-2H3,(H2,17,18,19);1H. The van der Waals surface area contributed by atoms with Crippen LogP contribution in [0.15, 0.2) is 4.99 Å². The number of rotatable bonds is 5. The van der Waals surface area contributed by atoms with Gasteiger partial charge in [0, 0.05) is 19.6 Å². The SMILES string of the molecule is Cc1nnc(CN=C(NCC2CCCCC2)NC2CC2)n1C.I. The van der Waals surface area contributed by atoms with Crippen LogP contribution in [0.1, 0.15) is 56.6 Å². The zero-order valence-electron chi connectivity index (χ0n) is 14.2. The van der Waals surface area contributed by atoms with Gasteiger partial charge in [0.2, 0.25) is 0 Å². The lowest BCUT2D eigenvalue weighted by Gasteiger charge is -2.23. The van der Waals surface area contributed by atoms with Crippen molar-refractivity contribution in [1.82, 2.24) is 25.4 Å². The molecule has 1 heterocycles. The lowest BCUT2D eigenvalue weighted by atomic mass is 9.89. The lowest BCUT2D eigenvalue weighted by molar-refractivity contribution is 0.355. The van der Waals surface area contributed by atoms with Gasteiger partial charge in [-0.05, 0) is 38.5 Å². The molecule has 0 amide bonds. The van der Waals surface area contributed by atoms with Crippen molar-refractivity contribution in [2.75, 3.05) is 6.54 Å². The fourth-order valence-corrected chi connectivity index (χ4v) is 2.94. The summed E-state index contributed by atoms with van der Waals surface area (Å²) in [7, 11) is 1.99. The molecule has 1 aromatic heterocycles. The molecule has 0 atom stereocenters. The molecule has 23 heavy (non-hydrogen) atoms. The first kappa shape index (κ1) is 18.5. The summed E-state index contributed by atoms with van der Waals surface area (Å²) in [5, 5.41) is 15.3. The summed E-state index contributed by atoms with van der Waals surface area (Å²) in [5.74, 6) is 3.58. The Morgan fingerprint density at radius 3 is 2.52 bits per heavy atom. The predicted octanol–water partition coefficient (Wildman–Crippen LogP) is 2.52. The van der Waals surface area contributed by atoms with Gasteiger partial charge in [0.05, 0.1) is 0 Å². The summed E-state index contributed by atoms with van der Waals surface area (Å²) >= 11 is 0. The second kappa shape index (κ2) is 8.84. The van der Waals surface area contributed by atoms with Crippen molar-refractivity contribution in [2.45, 2.75) is 64.5 Å². The van der Waals surface area contributed by atoms with Crippen molar-refractivity contribution < 1.29 is 0 Å². The first-order valence-electron chi connectivity index (χ1n) is 8.62. The molecule has 130 valence electrons. The third-order valence-corrected chi connectivity index (χ3v) is 4.76. The summed E-state index contributed by atoms with van der Waals surface area (Å²) in [6, 6.07) is 0.610. The Morgan fingerprint density at radius 1 is 1.17 bits per heavy atom. The smallest absolute Gasteiger partial charge is 0.191 e. The Hall–Kier alpha value is -0.860. The molecular weight excluding hydrogens is 403 g/mol. The highest BCUT2D eigenvalue weighted by Crippen LogP contribution is 2.23. The molecule has 1 aromatic rings. The summed E-state index contributed by atoms with van der Waals surface area (Å²) in [5.41, 5.74) is 0. The van der Waals surface area contributed by atoms with Crippen LogP contribution >= 0.6 is 24.0 Å². The van der Waals surface area contributed by atoms with E-state index in [-0.39, 0.29) is 24.0 Å². The number of hydrogen-bond acceptors (Lipinski definition) is 3. The molecule has 7 heteroatoms. The molecule has 2 N–H and O–H groups in total. The monoisotopic (exact) mass is 432 g/mol. The van der Waals surface area contributed by atoms with Crippen molar-refractivity contribution in [1.29, 1.82) is 0 Å². The molecule has 2 saturated carbocycles. The molecule has 0 aromatic carbocycles. The third-order valence-electron chi connectivity index (χ3n) is 4.76. The van der Waals surface area contributed by atoms with E-state index in [4.69, 9.17) is 4.99 Å². The van der Waals surface area contributed by atoms with Crippen LogP contribution in [-0.4, -0.2) is 33.3 Å². The maximum absolute atomic E-state index is 4.70. The van der Waals surface area contributed by atoms with Gasteiger partial charge >= 0.3 is 0 Å². The molecule has 6 nitrogen and oxygen atoms in total. The summed E-state index contributed by atoms with van der Waals surface area (Å²) in [6.45, 7) is 3.57. The van der Waals surface area contributed by atoms with Gasteiger partial charge in [0.25, 0.3) is 0 Å². The number of aryl methyl sites for hydroxylation is 1. The average Bonchev–Trinajstić information content (AvgIpc) is 3.30. The predicted molar refractivity (Wildman–Crippen MR) is 103 cm³/mol. The van der Waals surface area contributed by atoms with Crippen molar-refractivity contribution in [3.63, 3.8) is 0 Å². The summed E-state index contributed by atoms with van der Waals surface area (Å²) in [6.07, 6.45) is 9.39. The second-order valence-corrected chi connectivity index (χ2v) is 6.69. The van der Waals surface area contributed by atoms with E-state index in [0.29, 0.717) is 12.6 Å². The Labute approximate surface area is 155 Å². The molecule has 0 spiro atoms. The van der Waals surface area contributed by atoms with Gasteiger partial charge in [-0.15, -0.1) is 34.2 Å². The van der Waals surface area contributed by atoms with Crippen LogP contribution in [-0.2, 0) is 13.6 Å². The fraction of sp³-hybridized carbons (Fsp3) is 0.812. The van der Waals surface area contributed by atoms with Gasteiger partial charge in [-0.2, -0.15) is 0 Å². The Bertz CT molecular complexity index is 517. The number of aromatic nitrogens is 3. The van der Waals surface area contributed by atoms with E-state index in [0.717, 1.165) is 30.1 Å². The molecule has 0 aliphatic heterocycles. The van der Waals surface area contributed by atoms with E-state index in [9.17, 15) is 0 Å². The van der Waals surface area contributed by atoms with Crippen LogP contribution in [0.25, 0.3) is 0 Å². The zero-order valence-corrected chi connectivity index (χ0v) is 16.5. The van der Waals surface area contributed by atoms with Crippen LogP contribution in [0, 0.1) is 12.8 Å². The van der Waals surface area contributed by atoms with Crippen LogP contribution in [0.4, 0.5) is 0 Å². The van der Waals surface area contributed by atoms with Crippen molar-refractivity contribution in [2.24, 2.45) is 18.0 Å². The molecular formula is C16H29IN6. The molecule has 2 aliphatic rings. The third kappa shape index (κ3) is 5.61. The van der Waals surface area contributed by atoms with Crippen molar-refractivity contribution in [3.05, 3.63) is 11.6 Å². The number of halogens is 1. The fourth-order valence-electron chi connectivity index (χ4n) is 2.94.